The number of nitrogens with one attached hydrogen (secondary N) is 1. The van der Waals surface area contributed by atoms with E-state index in [0.29, 0.717) is 17.3 Å². The molecule has 1 unspecified atom stereocenters. The van der Waals surface area contributed by atoms with Crippen LogP contribution in [0.2, 0.25) is 0 Å². The maximum Gasteiger partial charge on any atom is 0.268 e. The molecule has 0 saturated carbocycles. The quantitative estimate of drug-likeness (QED) is 0.942. The van der Waals surface area contributed by atoms with Crippen molar-refractivity contribution < 1.29 is 14.3 Å². The molecule has 0 spiro atoms. The molecule has 1 atom stereocenters. The second-order valence-corrected chi connectivity index (χ2v) is 5.42. The Hall–Kier alpha value is -2.89. The largest absolute Gasteiger partial charge is 0.479 e. The molecule has 118 valence electrons. The maximum absolute atomic E-state index is 12.3. The summed E-state index contributed by atoms with van der Waals surface area (Å²) in [6.07, 6.45) is 1.01. The number of anilines is 2. The Kier molecular flexibility index (Phi) is 3.97. The topological polar surface area (TPSA) is 71.5 Å². The predicted octanol–water partition coefficient (Wildman–Crippen LogP) is 2.14. The third kappa shape index (κ3) is 3.15. The number of pyridine rings is 1. The first-order chi connectivity index (χ1) is 11.0. The highest BCUT2D eigenvalue weighted by Gasteiger charge is 2.32. The highest BCUT2D eigenvalue weighted by Crippen LogP contribution is 2.33. The summed E-state index contributed by atoms with van der Waals surface area (Å²) in [7, 11) is 0. The van der Waals surface area contributed by atoms with Crippen LogP contribution in [0.25, 0.3) is 0 Å². The molecule has 0 fully saturated rings. The molecule has 2 heterocycles. The summed E-state index contributed by atoms with van der Waals surface area (Å²) < 4.78 is 5.55. The van der Waals surface area contributed by atoms with Crippen molar-refractivity contribution in [1.82, 2.24) is 4.98 Å². The number of carbonyl (C=O) groups excluding carboxylic acids is 2. The van der Waals surface area contributed by atoms with Crippen LogP contribution in [0.4, 0.5) is 11.5 Å². The second-order valence-electron chi connectivity index (χ2n) is 5.42. The van der Waals surface area contributed by atoms with Crippen molar-refractivity contribution in [2.45, 2.75) is 20.0 Å². The monoisotopic (exact) mass is 311 g/mol. The number of aromatic nitrogens is 1. The summed E-state index contributed by atoms with van der Waals surface area (Å²) in [5.41, 5.74) is 1.60. The number of fused-ring (bicyclic) bond motifs is 1. The Balaban J connectivity index is 1.78. The van der Waals surface area contributed by atoms with Gasteiger partial charge in [0.25, 0.3) is 5.91 Å². The normalized spacial score (nSPS) is 16.5. The molecule has 2 aromatic rings. The number of hydrogen-bond acceptors (Lipinski definition) is 4. The fraction of sp³-hybridized carbons (Fsp3) is 0.235. The van der Waals surface area contributed by atoms with Gasteiger partial charge in [-0.1, -0.05) is 12.1 Å². The lowest BCUT2D eigenvalue weighted by atomic mass is 10.2. The third-order valence-electron chi connectivity index (χ3n) is 3.56. The zero-order valence-corrected chi connectivity index (χ0v) is 12.9. The van der Waals surface area contributed by atoms with Gasteiger partial charge in [-0.3, -0.25) is 14.5 Å². The standard InChI is InChI=1S/C17H17N3O3/c1-11-7-8-18-15(9-11)19-16(21)10-20-13-5-3-4-6-14(13)23-12(2)17(20)22/h3-9,12H,10H2,1-2H3,(H,18,19,21). The Bertz CT molecular complexity index is 760. The smallest absolute Gasteiger partial charge is 0.268 e. The zero-order chi connectivity index (χ0) is 16.4. The molecule has 1 aliphatic rings. The molecule has 0 aliphatic carbocycles. The van der Waals surface area contributed by atoms with Gasteiger partial charge in [0, 0.05) is 6.20 Å². The molecule has 2 amide bonds. The number of benzene rings is 1. The van der Waals surface area contributed by atoms with Crippen LogP contribution in [0.1, 0.15) is 12.5 Å². The molecule has 0 bridgehead atoms. The summed E-state index contributed by atoms with van der Waals surface area (Å²) in [6, 6.07) is 10.8. The molecular formula is C17H17N3O3. The number of carbonyl (C=O) groups is 2. The SMILES string of the molecule is Cc1ccnc(NC(=O)CN2C(=O)C(C)Oc3ccccc32)c1. The van der Waals surface area contributed by atoms with Crippen molar-refractivity contribution in [2.75, 3.05) is 16.8 Å². The van der Waals surface area contributed by atoms with Gasteiger partial charge in [-0.2, -0.15) is 0 Å². The molecule has 6 nitrogen and oxygen atoms in total. The van der Waals surface area contributed by atoms with Crippen molar-refractivity contribution >= 4 is 23.3 Å². The van der Waals surface area contributed by atoms with Gasteiger partial charge in [-0.15, -0.1) is 0 Å². The predicted molar refractivity (Wildman–Crippen MR) is 86.5 cm³/mol. The van der Waals surface area contributed by atoms with E-state index in [1.165, 1.54) is 4.90 Å². The minimum absolute atomic E-state index is 0.0842. The number of ether oxygens (including phenoxy) is 1. The van der Waals surface area contributed by atoms with Gasteiger partial charge >= 0.3 is 0 Å². The molecule has 6 heteroatoms. The summed E-state index contributed by atoms with van der Waals surface area (Å²) in [4.78, 5) is 30.1. The minimum atomic E-state index is -0.616. The lowest BCUT2D eigenvalue weighted by molar-refractivity contribution is -0.127. The lowest BCUT2D eigenvalue weighted by Crippen LogP contribution is -2.47. The van der Waals surface area contributed by atoms with Crippen LogP contribution in [0.3, 0.4) is 0 Å². The van der Waals surface area contributed by atoms with Crippen molar-refractivity contribution in [3.8, 4) is 5.75 Å². The Morgan fingerprint density at radius 3 is 2.91 bits per heavy atom. The van der Waals surface area contributed by atoms with E-state index in [9.17, 15) is 9.59 Å². The van der Waals surface area contributed by atoms with Gasteiger partial charge in [0.2, 0.25) is 5.91 Å². The Labute approximate surface area is 134 Å². The summed E-state index contributed by atoms with van der Waals surface area (Å²) in [6.45, 7) is 3.51. The van der Waals surface area contributed by atoms with Crippen LogP contribution in [0.15, 0.2) is 42.6 Å². The Morgan fingerprint density at radius 2 is 2.13 bits per heavy atom. The van der Waals surface area contributed by atoms with Crippen LogP contribution in [0, 0.1) is 6.92 Å². The highest BCUT2D eigenvalue weighted by molar-refractivity contribution is 6.05. The molecule has 1 aromatic carbocycles. The average Bonchev–Trinajstić information content (AvgIpc) is 2.52. The van der Waals surface area contributed by atoms with Gasteiger partial charge in [0.15, 0.2) is 6.10 Å². The zero-order valence-electron chi connectivity index (χ0n) is 12.9. The molecule has 1 N–H and O–H groups in total. The Morgan fingerprint density at radius 1 is 1.35 bits per heavy atom. The molecule has 0 radical (unpaired) electrons. The van der Waals surface area contributed by atoms with E-state index in [4.69, 9.17) is 4.74 Å². The number of rotatable bonds is 3. The van der Waals surface area contributed by atoms with E-state index in [2.05, 4.69) is 10.3 Å². The van der Waals surface area contributed by atoms with Crippen molar-refractivity contribution in [2.24, 2.45) is 0 Å². The molecule has 1 aliphatic heterocycles. The molecule has 3 rings (SSSR count). The number of aryl methyl sites for hydroxylation is 1. The van der Waals surface area contributed by atoms with E-state index in [1.807, 2.05) is 19.1 Å². The van der Waals surface area contributed by atoms with Crippen LogP contribution >= 0.6 is 0 Å². The van der Waals surface area contributed by atoms with Crippen LogP contribution in [0.5, 0.6) is 5.75 Å². The van der Waals surface area contributed by atoms with Crippen molar-refractivity contribution in [3.63, 3.8) is 0 Å². The number of para-hydroxylation sites is 2. The average molecular weight is 311 g/mol. The first-order valence-corrected chi connectivity index (χ1v) is 7.34. The van der Waals surface area contributed by atoms with Crippen LogP contribution < -0.4 is 15.0 Å². The summed E-state index contributed by atoms with van der Waals surface area (Å²) in [5, 5.41) is 2.71. The van der Waals surface area contributed by atoms with Gasteiger partial charge in [0.1, 0.15) is 18.1 Å². The van der Waals surface area contributed by atoms with Gasteiger partial charge in [0.05, 0.1) is 5.69 Å². The van der Waals surface area contributed by atoms with E-state index < -0.39 is 6.10 Å². The van der Waals surface area contributed by atoms with E-state index >= 15 is 0 Å². The maximum atomic E-state index is 12.3. The summed E-state index contributed by atoms with van der Waals surface area (Å²) >= 11 is 0. The minimum Gasteiger partial charge on any atom is -0.479 e. The fourth-order valence-corrected chi connectivity index (χ4v) is 2.45. The first kappa shape index (κ1) is 15.0. The van der Waals surface area contributed by atoms with Crippen molar-refractivity contribution in [1.29, 1.82) is 0 Å². The first-order valence-electron chi connectivity index (χ1n) is 7.34. The molecule has 23 heavy (non-hydrogen) atoms. The fourth-order valence-electron chi connectivity index (χ4n) is 2.45. The molecular weight excluding hydrogens is 294 g/mol. The van der Waals surface area contributed by atoms with Gasteiger partial charge < -0.3 is 10.1 Å². The number of nitrogens with zero attached hydrogens (tertiary/aromatic N) is 2. The van der Waals surface area contributed by atoms with Crippen LogP contribution in [-0.2, 0) is 9.59 Å². The van der Waals surface area contributed by atoms with Gasteiger partial charge in [-0.25, -0.2) is 4.98 Å². The number of amides is 2. The summed E-state index contributed by atoms with van der Waals surface area (Å²) in [5.74, 6) is 0.523. The third-order valence-corrected chi connectivity index (χ3v) is 3.56. The molecule has 1 aromatic heterocycles. The van der Waals surface area contributed by atoms with E-state index in [1.54, 1.807) is 37.4 Å². The second kappa shape index (κ2) is 6.08. The van der Waals surface area contributed by atoms with E-state index in [0.717, 1.165) is 5.56 Å². The van der Waals surface area contributed by atoms with Crippen LogP contribution in [-0.4, -0.2) is 29.4 Å². The number of hydrogen-bond donors (Lipinski definition) is 1. The van der Waals surface area contributed by atoms with E-state index in [-0.39, 0.29) is 18.4 Å². The van der Waals surface area contributed by atoms with Gasteiger partial charge in [-0.05, 0) is 43.7 Å². The van der Waals surface area contributed by atoms with Crippen molar-refractivity contribution in [3.05, 3.63) is 48.2 Å². The lowest BCUT2D eigenvalue weighted by Gasteiger charge is -2.32. The highest BCUT2D eigenvalue weighted by atomic mass is 16.5. The molecule has 0 saturated heterocycles.